The second-order valence-electron chi connectivity index (χ2n) is 5.77. The maximum Gasteiger partial charge on any atom is 0.147 e. The van der Waals surface area contributed by atoms with Crippen LogP contribution in [0.25, 0.3) is 0 Å². The molecule has 0 aliphatic heterocycles. The Morgan fingerprint density at radius 2 is 1.88 bits per heavy atom. The normalized spacial score (nSPS) is 26.4. The molecule has 1 aliphatic rings. The van der Waals surface area contributed by atoms with Gasteiger partial charge in [0, 0.05) is 12.8 Å². The lowest BCUT2D eigenvalue weighted by atomic mass is 9.80. The lowest BCUT2D eigenvalue weighted by Gasteiger charge is -2.32. The standard InChI is InChI=1S/C13H27NO2S/c1-12-7-4-5-8-13(12)11-14(2)9-6-10-17(3,15)16/h12-13H,4-11H2,1-3H3/t12-,13+/m0/s1. The fraction of sp³-hybridized carbons (Fsp3) is 1.00. The van der Waals surface area contributed by atoms with E-state index in [2.05, 4.69) is 18.9 Å². The van der Waals surface area contributed by atoms with E-state index in [0.717, 1.165) is 31.3 Å². The monoisotopic (exact) mass is 261 g/mol. The molecule has 0 aromatic heterocycles. The SMILES string of the molecule is C[C@H]1CCCC[C@@H]1CN(C)CCCS(C)(=O)=O. The molecule has 0 radical (unpaired) electrons. The van der Waals surface area contributed by atoms with Crippen LogP contribution in [0.1, 0.15) is 39.0 Å². The first-order valence-corrected chi connectivity index (χ1v) is 8.81. The van der Waals surface area contributed by atoms with Crippen molar-refractivity contribution in [2.75, 3.05) is 32.1 Å². The summed E-state index contributed by atoms with van der Waals surface area (Å²) in [4.78, 5) is 2.30. The van der Waals surface area contributed by atoms with Crippen LogP contribution < -0.4 is 0 Å². The van der Waals surface area contributed by atoms with Gasteiger partial charge in [-0.2, -0.15) is 0 Å². The summed E-state index contributed by atoms with van der Waals surface area (Å²) in [6.07, 6.45) is 7.54. The van der Waals surface area contributed by atoms with Gasteiger partial charge in [-0.1, -0.05) is 26.2 Å². The van der Waals surface area contributed by atoms with Crippen molar-refractivity contribution in [1.82, 2.24) is 4.90 Å². The summed E-state index contributed by atoms with van der Waals surface area (Å²) in [5.74, 6) is 1.96. The summed E-state index contributed by atoms with van der Waals surface area (Å²) in [5.41, 5.74) is 0. The average molecular weight is 261 g/mol. The number of nitrogens with zero attached hydrogens (tertiary/aromatic N) is 1. The van der Waals surface area contributed by atoms with Crippen molar-refractivity contribution in [2.24, 2.45) is 11.8 Å². The van der Waals surface area contributed by atoms with E-state index in [1.54, 1.807) is 0 Å². The minimum Gasteiger partial charge on any atom is -0.306 e. The van der Waals surface area contributed by atoms with Crippen molar-refractivity contribution >= 4 is 9.84 Å². The first-order chi connectivity index (χ1) is 7.88. The molecule has 0 N–H and O–H groups in total. The Morgan fingerprint density at radius 1 is 1.24 bits per heavy atom. The van der Waals surface area contributed by atoms with E-state index in [-0.39, 0.29) is 0 Å². The molecule has 102 valence electrons. The van der Waals surface area contributed by atoms with E-state index in [1.165, 1.54) is 31.9 Å². The van der Waals surface area contributed by atoms with Crippen LogP contribution in [0.2, 0.25) is 0 Å². The van der Waals surface area contributed by atoms with Gasteiger partial charge in [0.2, 0.25) is 0 Å². The summed E-state index contributed by atoms with van der Waals surface area (Å²) >= 11 is 0. The van der Waals surface area contributed by atoms with Gasteiger partial charge in [-0.25, -0.2) is 8.42 Å². The van der Waals surface area contributed by atoms with E-state index in [0.29, 0.717) is 5.75 Å². The Kier molecular flexibility index (Phi) is 5.93. The fourth-order valence-electron chi connectivity index (χ4n) is 2.75. The topological polar surface area (TPSA) is 37.4 Å². The molecule has 0 amide bonds. The molecule has 1 saturated carbocycles. The maximum atomic E-state index is 11.0. The van der Waals surface area contributed by atoms with Gasteiger partial charge in [0.25, 0.3) is 0 Å². The molecule has 17 heavy (non-hydrogen) atoms. The predicted molar refractivity (Wildman–Crippen MR) is 72.9 cm³/mol. The van der Waals surface area contributed by atoms with Gasteiger partial charge >= 0.3 is 0 Å². The molecule has 1 aliphatic carbocycles. The zero-order valence-corrected chi connectivity index (χ0v) is 12.3. The fourth-order valence-corrected chi connectivity index (χ4v) is 3.41. The molecule has 0 spiro atoms. The number of sulfone groups is 1. The molecule has 0 saturated heterocycles. The van der Waals surface area contributed by atoms with E-state index in [9.17, 15) is 8.42 Å². The Labute approximate surface area is 106 Å². The Morgan fingerprint density at radius 3 is 2.47 bits per heavy atom. The van der Waals surface area contributed by atoms with Crippen LogP contribution in [0.4, 0.5) is 0 Å². The molecule has 3 nitrogen and oxygen atoms in total. The first kappa shape index (κ1) is 15.0. The van der Waals surface area contributed by atoms with Gasteiger partial charge in [0.15, 0.2) is 0 Å². The molecule has 2 atom stereocenters. The molecule has 0 heterocycles. The summed E-state index contributed by atoms with van der Waals surface area (Å²) in [6, 6.07) is 0. The Balaban J connectivity index is 2.22. The van der Waals surface area contributed by atoms with E-state index < -0.39 is 9.84 Å². The van der Waals surface area contributed by atoms with Crippen molar-refractivity contribution in [3.63, 3.8) is 0 Å². The molecule has 0 aromatic carbocycles. The van der Waals surface area contributed by atoms with Crippen LogP contribution in [0.15, 0.2) is 0 Å². The molecule has 0 bridgehead atoms. The number of hydrogen-bond acceptors (Lipinski definition) is 3. The lowest BCUT2D eigenvalue weighted by Crippen LogP contribution is -2.32. The van der Waals surface area contributed by atoms with Crippen molar-refractivity contribution in [1.29, 1.82) is 0 Å². The molecular weight excluding hydrogens is 234 g/mol. The highest BCUT2D eigenvalue weighted by Gasteiger charge is 2.22. The third-order valence-electron chi connectivity index (χ3n) is 3.89. The minimum absolute atomic E-state index is 0.317. The molecule has 0 unspecified atom stereocenters. The molecular formula is C13H27NO2S. The van der Waals surface area contributed by atoms with Crippen LogP contribution in [0.5, 0.6) is 0 Å². The zero-order valence-electron chi connectivity index (χ0n) is 11.5. The highest BCUT2D eigenvalue weighted by Crippen LogP contribution is 2.29. The third-order valence-corrected chi connectivity index (χ3v) is 4.92. The van der Waals surface area contributed by atoms with Crippen LogP contribution >= 0.6 is 0 Å². The second kappa shape index (κ2) is 6.74. The van der Waals surface area contributed by atoms with Crippen LogP contribution in [-0.4, -0.2) is 45.5 Å². The second-order valence-corrected chi connectivity index (χ2v) is 8.03. The average Bonchev–Trinajstić information content (AvgIpc) is 2.19. The van der Waals surface area contributed by atoms with E-state index in [1.807, 2.05) is 0 Å². The number of rotatable bonds is 6. The zero-order chi connectivity index (χ0) is 12.9. The third kappa shape index (κ3) is 6.41. The van der Waals surface area contributed by atoms with Crippen LogP contribution in [0, 0.1) is 11.8 Å². The van der Waals surface area contributed by atoms with Crippen molar-refractivity contribution in [3.8, 4) is 0 Å². The van der Waals surface area contributed by atoms with E-state index >= 15 is 0 Å². The lowest BCUT2D eigenvalue weighted by molar-refractivity contribution is 0.181. The summed E-state index contributed by atoms with van der Waals surface area (Å²) < 4.78 is 22.1. The summed E-state index contributed by atoms with van der Waals surface area (Å²) in [7, 11) is -0.676. The van der Waals surface area contributed by atoms with Crippen LogP contribution in [-0.2, 0) is 9.84 Å². The van der Waals surface area contributed by atoms with Gasteiger partial charge in [0.05, 0.1) is 5.75 Å². The Bertz CT molecular complexity index is 313. The maximum absolute atomic E-state index is 11.0. The number of hydrogen-bond donors (Lipinski definition) is 0. The summed E-state index contributed by atoms with van der Waals surface area (Å²) in [6.45, 7) is 4.38. The van der Waals surface area contributed by atoms with E-state index in [4.69, 9.17) is 0 Å². The van der Waals surface area contributed by atoms with Gasteiger partial charge in [-0.05, 0) is 38.3 Å². The molecule has 0 aromatic rings. The molecule has 4 heteroatoms. The van der Waals surface area contributed by atoms with Gasteiger partial charge in [0.1, 0.15) is 9.84 Å². The first-order valence-electron chi connectivity index (χ1n) is 6.75. The predicted octanol–water partition coefficient (Wildman–Crippen LogP) is 2.18. The smallest absolute Gasteiger partial charge is 0.147 e. The van der Waals surface area contributed by atoms with Crippen LogP contribution in [0.3, 0.4) is 0 Å². The van der Waals surface area contributed by atoms with Crippen molar-refractivity contribution < 1.29 is 8.42 Å². The minimum atomic E-state index is -2.79. The van der Waals surface area contributed by atoms with Crippen molar-refractivity contribution in [3.05, 3.63) is 0 Å². The molecule has 1 rings (SSSR count). The Hall–Kier alpha value is -0.0900. The van der Waals surface area contributed by atoms with Crippen molar-refractivity contribution in [2.45, 2.75) is 39.0 Å². The quantitative estimate of drug-likeness (QED) is 0.735. The summed E-state index contributed by atoms with van der Waals surface area (Å²) in [5, 5.41) is 0. The van der Waals surface area contributed by atoms with Gasteiger partial charge in [-0.3, -0.25) is 0 Å². The van der Waals surface area contributed by atoms with Gasteiger partial charge < -0.3 is 4.90 Å². The highest BCUT2D eigenvalue weighted by molar-refractivity contribution is 7.90. The molecule has 1 fully saturated rings. The highest BCUT2D eigenvalue weighted by atomic mass is 32.2. The van der Waals surface area contributed by atoms with Gasteiger partial charge in [-0.15, -0.1) is 0 Å². The largest absolute Gasteiger partial charge is 0.306 e.